The molecule has 1 unspecified atom stereocenters. The standard InChI is InChI=1S/C23H33N3O3/c1-3-17(2)20(24-22(28)25-12-6-7-13-25)21(27)26-16-23(10-14-29-15-11-23)18-8-4-5-9-19(18)26/h4-5,8-9,17,20H,3,6-7,10-16H2,1-2H3,(H,24,28)/t17?,20-/m0/s1. The number of nitrogens with one attached hydrogen (secondary N) is 1. The highest BCUT2D eigenvalue weighted by Gasteiger charge is 2.47. The molecule has 158 valence electrons. The highest BCUT2D eigenvalue weighted by Crippen LogP contribution is 2.46. The van der Waals surface area contributed by atoms with E-state index in [1.807, 2.05) is 21.9 Å². The monoisotopic (exact) mass is 399 g/mol. The van der Waals surface area contributed by atoms with Crippen molar-refractivity contribution in [2.24, 2.45) is 5.92 Å². The van der Waals surface area contributed by atoms with Crippen molar-refractivity contribution >= 4 is 17.6 Å². The summed E-state index contributed by atoms with van der Waals surface area (Å²) in [7, 11) is 0. The molecule has 2 saturated heterocycles. The molecule has 1 N–H and O–H groups in total. The molecular weight excluding hydrogens is 366 g/mol. The zero-order chi connectivity index (χ0) is 20.4. The Morgan fingerprint density at radius 2 is 1.86 bits per heavy atom. The number of anilines is 1. The van der Waals surface area contributed by atoms with Crippen LogP contribution in [0.25, 0.3) is 0 Å². The summed E-state index contributed by atoms with van der Waals surface area (Å²) in [4.78, 5) is 30.3. The van der Waals surface area contributed by atoms with Crippen LogP contribution in [0.2, 0.25) is 0 Å². The molecule has 3 heterocycles. The smallest absolute Gasteiger partial charge is 0.318 e. The summed E-state index contributed by atoms with van der Waals surface area (Å²) >= 11 is 0. The van der Waals surface area contributed by atoms with Gasteiger partial charge in [0.25, 0.3) is 0 Å². The molecule has 2 atom stereocenters. The van der Waals surface area contributed by atoms with Gasteiger partial charge < -0.3 is 19.9 Å². The second-order valence-electron chi connectivity index (χ2n) is 8.84. The summed E-state index contributed by atoms with van der Waals surface area (Å²) in [6.45, 7) is 7.84. The van der Waals surface area contributed by atoms with E-state index in [4.69, 9.17) is 4.74 Å². The quantitative estimate of drug-likeness (QED) is 0.845. The van der Waals surface area contributed by atoms with Crippen molar-refractivity contribution in [3.63, 3.8) is 0 Å². The van der Waals surface area contributed by atoms with Gasteiger partial charge in [-0.3, -0.25) is 4.79 Å². The molecule has 0 radical (unpaired) electrons. The third-order valence-electron chi connectivity index (χ3n) is 7.09. The molecule has 29 heavy (non-hydrogen) atoms. The molecule has 0 bridgehead atoms. The summed E-state index contributed by atoms with van der Waals surface area (Å²) in [5, 5.41) is 3.08. The fourth-order valence-electron chi connectivity index (χ4n) is 5.01. The molecule has 1 aromatic carbocycles. The highest BCUT2D eigenvalue weighted by atomic mass is 16.5. The van der Waals surface area contributed by atoms with Crippen LogP contribution in [0.15, 0.2) is 24.3 Å². The van der Waals surface area contributed by atoms with Gasteiger partial charge in [0.2, 0.25) is 5.91 Å². The van der Waals surface area contributed by atoms with E-state index in [0.717, 1.165) is 64.1 Å². The molecule has 0 aromatic heterocycles. The molecule has 1 aromatic rings. The van der Waals surface area contributed by atoms with Gasteiger partial charge >= 0.3 is 6.03 Å². The first-order valence-electron chi connectivity index (χ1n) is 11.1. The van der Waals surface area contributed by atoms with Crippen LogP contribution in [-0.4, -0.2) is 55.7 Å². The van der Waals surface area contributed by atoms with E-state index in [2.05, 4.69) is 31.3 Å². The lowest BCUT2D eigenvalue weighted by Gasteiger charge is -2.35. The normalized spacial score (nSPS) is 22.4. The lowest BCUT2D eigenvalue weighted by atomic mass is 9.76. The number of rotatable bonds is 4. The summed E-state index contributed by atoms with van der Waals surface area (Å²) in [6, 6.07) is 7.66. The minimum absolute atomic E-state index is 0.0164. The maximum absolute atomic E-state index is 13.7. The summed E-state index contributed by atoms with van der Waals surface area (Å²) in [5.74, 6) is 0.0927. The number of carbonyl (C=O) groups excluding carboxylic acids is 2. The first-order chi connectivity index (χ1) is 14.1. The number of benzene rings is 1. The topological polar surface area (TPSA) is 61.9 Å². The van der Waals surface area contributed by atoms with E-state index < -0.39 is 6.04 Å². The van der Waals surface area contributed by atoms with Gasteiger partial charge in [-0.25, -0.2) is 4.79 Å². The number of likely N-dealkylation sites (tertiary alicyclic amines) is 1. The molecular formula is C23H33N3O3. The minimum atomic E-state index is -0.504. The first kappa shape index (κ1) is 20.2. The lowest BCUT2D eigenvalue weighted by Crippen LogP contribution is -2.55. The predicted molar refractivity (Wildman–Crippen MR) is 113 cm³/mol. The zero-order valence-electron chi connectivity index (χ0n) is 17.7. The summed E-state index contributed by atoms with van der Waals surface area (Å²) in [5.41, 5.74) is 2.23. The Labute approximate surface area is 173 Å². The van der Waals surface area contributed by atoms with Crippen molar-refractivity contribution in [1.82, 2.24) is 10.2 Å². The number of hydrogen-bond acceptors (Lipinski definition) is 3. The zero-order valence-corrected chi connectivity index (χ0v) is 17.7. The van der Waals surface area contributed by atoms with E-state index in [1.54, 1.807) is 0 Å². The molecule has 4 rings (SSSR count). The van der Waals surface area contributed by atoms with Gasteiger partial charge in [-0.05, 0) is 43.2 Å². The van der Waals surface area contributed by atoms with Crippen molar-refractivity contribution in [2.45, 2.75) is 57.4 Å². The maximum Gasteiger partial charge on any atom is 0.318 e. The number of fused-ring (bicyclic) bond motifs is 2. The van der Waals surface area contributed by atoms with E-state index in [1.165, 1.54) is 5.56 Å². The first-order valence-corrected chi connectivity index (χ1v) is 11.1. The molecule has 3 aliphatic rings. The van der Waals surface area contributed by atoms with Crippen LogP contribution in [-0.2, 0) is 14.9 Å². The van der Waals surface area contributed by atoms with Gasteiger partial charge in [0, 0.05) is 44.0 Å². The van der Waals surface area contributed by atoms with Crippen LogP contribution in [0.3, 0.4) is 0 Å². The maximum atomic E-state index is 13.7. The Bertz CT molecular complexity index is 753. The average Bonchev–Trinajstić information content (AvgIpc) is 3.40. The second-order valence-corrected chi connectivity index (χ2v) is 8.84. The molecule has 3 amide bonds. The number of hydrogen-bond donors (Lipinski definition) is 1. The van der Waals surface area contributed by atoms with Crippen LogP contribution >= 0.6 is 0 Å². The van der Waals surface area contributed by atoms with Gasteiger partial charge in [0.1, 0.15) is 6.04 Å². The Morgan fingerprint density at radius 1 is 1.17 bits per heavy atom. The fourth-order valence-corrected chi connectivity index (χ4v) is 5.01. The van der Waals surface area contributed by atoms with Crippen molar-refractivity contribution in [2.75, 3.05) is 37.7 Å². The van der Waals surface area contributed by atoms with E-state index in [-0.39, 0.29) is 23.3 Å². The Morgan fingerprint density at radius 3 is 2.55 bits per heavy atom. The van der Waals surface area contributed by atoms with Gasteiger partial charge in [-0.1, -0.05) is 38.5 Å². The average molecular weight is 400 g/mol. The molecule has 1 spiro atoms. The van der Waals surface area contributed by atoms with Crippen LogP contribution in [0, 0.1) is 5.92 Å². The van der Waals surface area contributed by atoms with Crippen molar-refractivity contribution < 1.29 is 14.3 Å². The fraction of sp³-hybridized carbons (Fsp3) is 0.652. The number of amides is 3. The molecule has 2 fully saturated rings. The predicted octanol–water partition coefficient (Wildman–Crippen LogP) is 3.30. The van der Waals surface area contributed by atoms with Gasteiger partial charge in [0.15, 0.2) is 0 Å². The van der Waals surface area contributed by atoms with E-state index in [9.17, 15) is 9.59 Å². The van der Waals surface area contributed by atoms with E-state index >= 15 is 0 Å². The van der Waals surface area contributed by atoms with Gasteiger partial charge in [-0.2, -0.15) is 0 Å². The Hall–Kier alpha value is -2.08. The molecule has 3 aliphatic heterocycles. The SMILES string of the molecule is CCC(C)[C@H](NC(=O)N1CCCC1)C(=O)N1CC2(CCOCC2)c2ccccc21. The van der Waals surface area contributed by atoms with Gasteiger partial charge in [0.05, 0.1) is 0 Å². The number of nitrogens with zero attached hydrogens (tertiary/aromatic N) is 2. The Balaban J connectivity index is 1.59. The number of para-hydroxylation sites is 1. The molecule has 0 aliphatic carbocycles. The second kappa shape index (κ2) is 8.34. The third kappa shape index (κ3) is 3.75. The Kier molecular flexibility index (Phi) is 5.81. The minimum Gasteiger partial charge on any atom is -0.381 e. The molecule has 6 heteroatoms. The summed E-state index contributed by atoms with van der Waals surface area (Å²) < 4.78 is 5.61. The van der Waals surface area contributed by atoms with Crippen molar-refractivity contribution in [3.05, 3.63) is 29.8 Å². The van der Waals surface area contributed by atoms with Crippen molar-refractivity contribution in [3.8, 4) is 0 Å². The number of carbonyl (C=O) groups is 2. The van der Waals surface area contributed by atoms with Crippen LogP contribution in [0.1, 0.15) is 51.5 Å². The largest absolute Gasteiger partial charge is 0.381 e. The van der Waals surface area contributed by atoms with Crippen LogP contribution < -0.4 is 10.2 Å². The third-order valence-corrected chi connectivity index (χ3v) is 7.09. The number of ether oxygens (including phenoxy) is 1. The summed E-state index contributed by atoms with van der Waals surface area (Å²) in [6.07, 6.45) is 4.79. The van der Waals surface area contributed by atoms with Crippen molar-refractivity contribution in [1.29, 1.82) is 0 Å². The van der Waals surface area contributed by atoms with Gasteiger partial charge in [-0.15, -0.1) is 0 Å². The molecule has 6 nitrogen and oxygen atoms in total. The van der Waals surface area contributed by atoms with E-state index in [0.29, 0.717) is 6.54 Å². The van der Waals surface area contributed by atoms with Crippen LogP contribution in [0.5, 0.6) is 0 Å². The highest BCUT2D eigenvalue weighted by molar-refractivity contribution is 6.01. The lowest BCUT2D eigenvalue weighted by molar-refractivity contribution is -0.121. The van der Waals surface area contributed by atoms with Crippen LogP contribution in [0.4, 0.5) is 10.5 Å². The number of urea groups is 1. The molecule has 0 saturated carbocycles.